The summed E-state index contributed by atoms with van der Waals surface area (Å²) in [5.74, 6) is -0.377. The van der Waals surface area contributed by atoms with E-state index in [1.165, 1.54) is 4.90 Å². The van der Waals surface area contributed by atoms with Gasteiger partial charge in [0.15, 0.2) is 0 Å². The van der Waals surface area contributed by atoms with Crippen LogP contribution in [0.4, 0.5) is 5.69 Å². The molecule has 0 aromatic heterocycles. The van der Waals surface area contributed by atoms with Crippen LogP contribution in [-0.4, -0.2) is 29.5 Å². The lowest BCUT2D eigenvalue weighted by Gasteiger charge is -2.26. The first-order valence-electron chi connectivity index (χ1n) is 12.1. The standard InChI is InChI=1S/C30H31NO5/c1-6-35-25-9-7-8-23(17-25)31-27(21-12-14-24(15-13-21)36-18(2)3)26(29(33)30(31)34)28(32)22-11-10-19(4)20(5)16-22/h7-18,27,32H,6H2,1-5H3/b28-26+. The third kappa shape index (κ3) is 4.85. The molecule has 0 spiro atoms. The fraction of sp³-hybridized carbons (Fsp3) is 0.267. The van der Waals surface area contributed by atoms with Gasteiger partial charge in [0.25, 0.3) is 11.7 Å². The van der Waals surface area contributed by atoms with Crippen LogP contribution in [-0.2, 0) is 9.59 Å². The number of aryl methyl sites for hydroxylation is 2. The number of amides is 1. The number of ketones is 1. The first-order chi connectivity index (χ1) is 17.2. The minimum atomic E-state index is -0.823. The van der Waals surface area contributed by atoms with Crippen LogP contribution < -0.4 is 14.4 Å². The summed E-state index contributed by atoms with van der Waals surface area (Å²) in [7, 11) is 0. The monoisotopic (exact) mass is 485 g/mol. The lowest BCUT2D eigenvalue weighted by atomic mass is 9.94. The molecule has 0 aliphatic carbocycles. The number of anilines is 1. The van der Waals surface area contributed by atoms with Crippen molar-refractivity contribution < 1.29 is 24.2 Å². The minimum absolute atomic E-state index is 0.00701. The van der Waals surface area contributed by atoms with Crippen LogP contribution >= 0.6 is 0 Å². The largest absolute Gasteiger partial charge is 0.507 e. The molecule has 1 fully saturated rings. The molecular formula is C30H31NO5. The molecule has 1 aliphatic heterocycles. The molecule has 1 heterocycles. The summed E-state index contributed by atoms with van der Waals surface area (Å²) >= 11 is 0. The zero-order valence-electron chi connectivity index (χ0n) is 21.2. The first-order valence-corrected chi connectivity index (χ1v) is 12.1. The van der Waals surface area contributed by atoms with Gasteiger partial charge in [0, 0.05) is 17.3 Å². The van der Waals surface area contributed by atoms with Gasteiger partial charge in [0.05, 0.1) is 24.3 Å². The number of nitrogens with zero attached hydrogens (tertiary/aromatic N) is 1. The second-order valence-corrected chi connectivity index (χ2v) is 9.13. The van der Waals surface area contributed by atoms with E-state index in [1.54, 1.807) is 30.3 Å². The van der Waals surface area contributed by atoms with E-state index in [0.29, 0.717) is 34.9 Å². The van der Waals surface area contributed by atoms with E-state index in [4.69, 9.17) is 9.47 Å². The Morgan fingerprint density at radius 3 is 2.31 bits per heavy atom. The molecule has 3 aromatic carbocycles. The van der Waals surface area contributed by atoms with E-state index in [1.807, 2.05) is 71.0 Å². The Balaban J connectivity index is 1.89. The highest BCUT2D eigenvalue weighted by Gasteiger charge is 2.47. The molecule has 186 valence electrons. The molecule has 1 saturated heterocycles. The Hall–Kier alpha value is -4.06. The van der Waals surface area contributed by atoms with Crippen LogP contribution in [0.15, 0.2) is 72.3 Å². The molecule has 1 unspecified atom stereocenters. The molecule has 6 nitrogen and oxygen atoms in total. The molecule has 4 rings (SSSR count). The molecule has 0 bridgehead atoms. The van der Waals surface area contributed by atoms with Gasteiger partial charge in [-0.15, -0.1) is 0 Å². The van der Waals surface area contributed by atoms with Gasteiger partial charge in [-0.3, -0.25) is 14.5 Å². The average Bonchev–Trinajstić information content (AvgIpc) is 3.11. The van der Waals surface area contributed by atoms with E-state index in [-0.39, 0.29) is 17.4 Å². The van der Waals surface area contributed by atoms with E-state index < -0.39 is 17.7 Å². The number of hydrogen-bond acceptors (Lipinski definition) is 5. The van der Waals surface area contributed by atoms with Gasteiger partial charge >= 0.3 is 0 Å². The number of benzene rings is 3. The highest BCUT2D eigenvalue weighted by atomic mass is 16.5. The summed E-state index contributed by atoms with van der Waals surface area (Å²) in [4.78, 5) is 28.2. The number of hydrogen-bond donors (Lipinski definition) is 1. The SMILES string of the molecule is CCOc1cccc(N2C(=O)C(=O)/C(=C(/O)c3ccc(C)c(C)c3)C2c2ccc(OC(C)C)cc2)c1. The van der Waals surface area contributed by atoms with Crippen molar-refractivity contribution >= 4 is 23.1 Å². The highest BCUT2D eigenvalue weighted by Crippen LogP contribution is 2.43. The van der Waals surface area contributed by atoms with Crippen molar-refractivity contribution in [1.29, 1.82) is 0 Å². The number of rotatable bonds is 7. The maximum Gasteiger partial charge on any atom is 0.300 e. The normalized spacial score (nSPS) is 17.1. The van der Waals surface area contributed by atoms with E-state index in [9.17, 15) is 14.7 Å². The Bertz CT molecular complexity index is 1320. The lowest BCUT2D eigenvalue weighted by Crippen LogP contribution is -2.29. The Morgan fingerprint density at radius 1 is 0.944 bits per heavy atom. The Labute approximate surface area is 211 Å². The summed E-state index contributed by atoms with van der Waals surface area (Å²) in [6.45, 7) is 10.1. The van der Waals surface area contributed by atoms with Crippen molar-refractivity contribution in [2.24, 2.45) is 0 Å². The van der Waals surface area contributed by atoms with Crippen LogP contribution in [0.5, 0.6) is 11.5 Å². The smallest absolute Gasteiger partial charge is 0.300 e. The fourth-order valence-electron chi connectivity index (χ4n) is 4.35. The zero-order valence-corrected chi connectivity index (χ0v) is 21.2. The minimum Gasteiger partial charge on any atom is -0.507 e. The van der Waals surface area contributed by atoms with Crippen molar-refractivity contribution in [2.75, 3.05) is 11.5 Å². The molecule has 6 heteroatoms. The van der Waals surface area contributed by atoms with Gasteiger partial charge < -0.3 is 14.6 Å². The Morgan fingerprint density at radius 2 is 1.67 bits per heavy atom. The summed E-state index contributed by atoms with van der Waals surface area (Å²) in [5, 5.41) is 11.4. The topological polar surface area (TPSA) is 76.1 Å². The van der Waals surface area contributed by atoms with E-state index in [0.717, 1.165) is 11.1 Å². The molecular weight excluding hydrogens is 454 g/mol. The van der Waals surface area contributed by atoms with Crippen molar-refractivity contribution in [2.45, 2.75) is 46.8 Å². The number of aliphatic hydroxyl groups excluding tert-OH is 1. The maximum absolute atomic E-state index is 13.4. The number of Topliss-reactive ketones (excluding diaryl/α,β-unsaturated/α-hetero) is 1. The van der Waals surface area contributed by atoms with Gasteiger partial charge in [-0.25, -0.2) is 0 Å². The van der Waals surface area contributed by atoms with Crippen LogP contribution in [0.2, 0.25) is 0 Å². The zero-order chi connectivity index (χ0) is 26.0. The molecule has 1 N–H and O–H groups in total. The van der Waals surface area contributed by atoms with Gasteiger partial charge in [-0.1, -0.05) is 30.3 Å². The number of ether oxygens (including phenoxy) is 2. The summed E-state index contributed by atoms with van der Waals surface area (Å²) < 4.78 is 11.4. The molecule has 1 amide bonds. The molecule has 3 aromatic rings. The summed E-state index contributed by atoms with van der Waals surface area (Å²) in [5.41, 5.74) is 3.76. The quantitative estimate of drug-likeness (QED) is 0.248. The van der Waals surface area contributed by atoms with Crippen molar-refractivity contribution in [3.05, 3.63) is 94.6 Å². The van der Waals surface area contributed by atoms with Gasteiger partial charge in [-0.2, -0.15) is 0 Å². The predicted molar refractivity (Wildman–Crippen MR) is 141 cm³/mol. The van der Waals surface area contributed by atoms with Crippen molar-refractivity contribution in [3.8, 4) is 11.5 Å². The van der Waals surface area contributed by atoms with Gasteiger partial charge in [0.1, 0.15) is 17.3 Å². The summed E-state index contributed by atoms with van der Waals surface area (Å²) in [6.07, 6.45) is 0.00701. The van der Waals surface area contributed by atoms with Crippen molar-refractivity contribution in [1.82, 2.24) is 0 Å². The van der Waals surface area contributed by atoms with Crippen LogP contribution in [0, 0.1) is 13.8 Å². The second-order valence-electron chi connectivity index (χ2n) is 9.13. The van der Waals surface area contributed by atoms with Crippen LogP contribution in [0.25, 0.3) is 5.76 Å². The third-order valence-corrected chi connectivity index (χ3v) is 6.20. The predicted octanol–water partition coefficient (Wildman–Crippen LogP) is 6.12. The van der Waals surface area contributed by atoms with Gasteiger partial charge in [0.2, 0.25) is 0 Å². The molecule has 0 saturated carbocycles. The lowest BCUT2D eigenvalue weighted by molar-refractivity contribution is -0.132. The molecule has 36 heavy (non-hydrogen) atoms. The third-order valence-electron chi connectivity index (χ3n) is 6.20. The number of carbonyl (C=O) groups is 2. The first kappa shape index (κ1) is 25.0. The molecule has 1 aliphatic rings. The molecule has 0 radical (unpaired) electrons. The van der Waals surface area contributed by atoms with Gasteiger partial charge in [-0.05, 0) is 81.6 Å². The second kappa shape index (κ2) is 10.3. The highest BCUT2D eigenvalue weighted by molar-refractivity contribution is 6.51. The van der Waals surface area contributed by atoms with Crippen LogP contribution in [0.1, 0.15) is 49.1 Å². The maximum atomic E-state index is 13.4. The molecule has 1 atom stereocenters. The average molecular weight is 486 g/mol. The van der Waals surface area contributed by atoms with E-state index in [2.05, 4.69) is 0 Å². The van der Waals surface area contributed by atoms with Crippen LogP contribution in [0.3, 0.4) is 0 Å². The van der Waals surface area contributed by atoms with Crippen molar-refractivity contribution in [3.63, 3.8) is 0 Å². The summed E-state index contributed by atoms with van der Waals surface area (Å²) in [6, 6.07) is 19.0. The number of aliphatic hydroxyl groups is 1. The van der Waals surface area contributed by atoms with E-state index >= 15 is 0 Å². The Kier molecular flexibility index (Phi) is 7.15. The fourth-order valence-corrected chi connectivity index (χ4v) is 4.35. The number of carbonyl (C=O) groups excluding carboxylic acids is 2.